The van der Waals surface area contributed by atoms with E-state index in [9.17, 15) is 4.79 Å². The normalized spacial score (nSPS) is 11.8. The number of rotatable bonds is 6. The number of hydrogen-bond acceptors (Lipinski definition) is 2. The van der Waals surface area contributed by atoms with Crippen LogP contribution in [0.2, 0.25) is 0 Å². The molecule has 0 atom stereocenters. The van der Waals surface area contributed by atoms with Crippen LogP contribution < -0.4 is 10.6 Å². The maximum Gasteiger partial charge on any atom is 0.233 e. The Balaban J connectivity index is 2.37. The minimum absolute atomic E-state index is 0.0401. The topological polar surface area (TPSA) is 56.9 Å². The van der Waals surface area contributed by atoms with E-state index >= 15 is 0 Å². The van der Waals surface area contributed by atoms with Crippen molar-refractivity contribution in [2.75, 3.05) is 13.1 Å². The number of H-pyrrole nitrogens is 1. The molecule has 4 nitrogen and oxygen atoms in total. The van der Waals surface area contributed by atoms with Crippen molar-refractivity contribution in [3.8, 4) is 0 Å². The number of aromatic amines is 1. The molecule has 1 rings (SSSR count). The average Bonchev–Trinajstić information content (AvgIpc) is 2.77. The van der Waals surface area contributed by atoms with Crippen LogP contribution >= 0.6 is 0 Å². The van der Waals surface area contributed by atoms with Gasteiger partial charge in [-0.15, -0.1) is 0 Å². The Bertz CT molecular complexity index is 342. The van der Waals surface area contributed by atoms with E-state index in [1.807, 2.05) is 32.2 Å². The van der Waals surface area contributed by atoms with Gasteiger partial charge in [0.2, 0.25) is 5.91 Å². The monoisotopic (exact) mass is 237 g/mol. The molecule has 0 aliphatic rings. The fourth-order valence-corrected chi connectivity index (χ4v) is 1.53. The average molecular weight is 237 g/mol. The lowest BCUT2D eigenvalue weighted by molar-refractivity contribution is -0.120. The zero-order valence-electron chi connectivity index (χ0n) is 11.1. The summed E-state index contributed by atoms with van der Waals surface area (Å²) in [5.74, 6) is 0.0401. The van der Waals surface area contributed by atoms with Gasteiger partial charge in [-0.25, -0.2) is 0 Å². The molecule has 17 heavy (non-hydrogen) atoms. The van der Waals surface area contributed by atoms with Crippen LogP contribution in [0.4, 0.5) is 0 Å². The van der Waals surface area contributed by atoms with Crippen molar-refractivity contribution in [3.63, 3.8) is 0 Å². The van der Waals surface area contributed by atoms with Crippen LogP contribution in [0.25, 0.3) is 0 Å². The van der Waals surface area contributed by atoms with Crippen molar-refractivity contribution >= 4 is 5.91 Å². The molecular formula is C13H23N3O. The minimum Gasteiger partial charge on any atom is -0.364 e. The lowest BCUT2D eigenvalue weighted by Gasteiger charge is -2.24. The molecule has 0 saturated heterocycles. The molecule has 0 saturated carbocycles. The van der Waals surface area contributed by atoms with Crippen LogP contribution in [0.15, 0.2) is 18.3 Å². The minimum atomic E-state index is -0.0724. The zero-order chi connectivity index (χ0) is 12.9. The van der Waals surface area contributed by atoms with Gasteiger partial charge in [0.25, 0.3) is 0 Å². The van der Waals surface area contributed by atoms with Gasteiger partial charge in [0, 0.05) is 29.9 Å². The second-order valence-electron chi connectivity index (χ2n) is 5.28. The van der Waals surface area contributed by atoms with Crippen LogP contribution in [-0.4, -0.2) is 30.0 Å². The SMILES string of the molecule is CC(C)NCC(=O)NCC(C)(C)c1ccc[nH]1. The Labute approximate surface area is 103 Å². The largest absolute Gasteiger partial charge is 0.364 e. The van der Waals surface area contributed by atoms with Gasteiger partial charge in [-0.05, 0) is 12.1 Å². The second-order valence-corrected chi connectivity index (χ2v) is 5.28. The van der Waals surface area contributed by atoms with Gasteiger partial charge in [-0.3, -0.25) is 4.79 Å². The van der Waals surface area contributed by atoms with Crippen LogP contribution in [0.1, 0.15) is 33.4 Å². The Morgan fingerprint density at radius 1 is 1.47 bits per heavy atom. The molecule has 0 unspecified atom stereocenters. The number of carbonyl (C=O) groups is 1. The van der Waals surface area contributed by atoms with Gasteiger partial charge in [0.05, 0.1) is 6.54 Å². The summed E-state index contributed by atoms with van der Waals surface area (Å²) in [6.45, 7) is 9.26. The van der Waals surface area contributed by atoms with E-state index in [1.165, 1.54) is 0 Å². The molecule has 4 heteroatoms. The Hall–Kier alpha value is -1.29. The van der Waals surface area contributed by atoms with Gasteiger partial charge in [0.1, 0.15) is 0 Å². The first-order valence-corrected chi connectivity index (χ1v) is 6.06. The summed E-state index contributed by atoms with van der Waals surface area (Å²) in [7, 11) is 0. The highest BCUT2D eigenvalue weighted by molar-refractivity contribution is 5.78. The maximum absolute atomic E-state index is 11.6. The third-order valence-corrected chi connectivity index (χ3v) is 2.73. The Kier molecular flexibility index (Phi) is 4.75. The van der Waals surface area contributed by atoms with Crippen molar-refractivity contribution in [1.29, 1.82) is 0 Å². The van der Waals surface area contributed by atoms with Gasteiger partial charge >= 0.3 is 0 Å². The van der Waals surface area contributed by atoms with Crippen LogP contribution in [0.5, 0.6) is 0 Å². The Morgan fingerprint density at radius 2 is 2.18 bits per heavy atom. The molecule has 0 bridgehead atoms. The first kappa shape index (κ1) is 13.8. The molecule has 1 aromatic heterocycles. The molecule has 1 amide bonds. The molecule has 0 fully saturated rings. The summed E-state index contributed by atoms with van der Waals surface area (Å²) >= 11 is 0. The van der Waals surface area contributed by atoms with Gasteiger partial charge in [0.15, 0.2) is 0 Å². The smallest absolute Gasteiger partial charge is 0.233 e. The van der Waals surface area contributed by atoms with Crippen molar-refractivity contribution in [3.05, 3.63) is 24.0 Å². The first-order valence-electron chi connectivity index (χ1n) is 6.06. The molecule has 1 aromatic rings. The summed E-state index contributed by atoms with van der Waals surface area (Å²) in [5.41, 5.74) is 1.06. The molecule has 3 N–H and O–H groups in total. The van der Waals surface area contributed by atoms with Crippen molar-refractivity contribution in [2.45, 2.75) is 39.2 Å². The lowest BCUT2D eigenvalue weighted by Crippen LogP contribution is -2.42. The number of carbonyl (C=O) groups excluding carboxylic acids is 1. The fourth-order valence-electron chi connectivity index (χ4n) is 1.53. The molecule has 0 aromatic carbocycles. The fraction of sp³-hybridized carbons (Fsp3) is 0.615. The number of hydrogen-bond donors (Lipinski definition) is 3. The number of aromatic nitrogens is 1. The van der Waals surface area contributed by atoms with Crippen LogP contribution in [-0.2, 0) is 10.2 Å². The Morgan fingerprint density at radius 3 is 2.71 bits per heavy atom. The van der Waals surface area contributed by atoms with E-state index in [-0.39, 0.29) is 11.3 Å². The molecule has 0 aliphatic heterocycles. The third-order valence-electron chi connectivity index (χ3n) is 2.73. The molecule has 0 radical (unpaired) electrons. The van der Waals surface area contributed by atoms with E-state index in [0.717, 1.165) is 5.69 Å². The predicted octanol–water partition coefficient (Wildman–Crippen LogP) is 1.41. The highest BCUT2D eigenvalue weighted by atomic mass is 16.1. The summed E-state index contributed by atoms with van der Waals surface area (Å²) in [4.78, 5) is 14.8. The predicted molar refractivity (Wildman–Crippen MR) is 70.0 cm³/mol. The summed E-state index contributed by atoms with van der Waals surface area (Å²) in [5, 5.41) is 6.04. The quantitative estimate of drug-likeness (QED) is 0.700. The molecule has 1 heterocycles. The number of amides is 1. The molecule has 0 aliphatic carbocycles. The van der Waals surface area contributed by atoms with Crippen LogP contribution in [0, 0.1) is 0 Å². The van der Waals surface area contributed by atoms with Crippen molar-refractivity contribution in [1.82, 2.24) is 15.6 Å². The van der Waals surface area contributed by atoms with Gasteiger partial charge < -0.3 is 15.6 Å². The highest BCUT2D eigenvalue weighted by Gasteiger charge is 2.21. The standard InChI is InChI=1S/C13H23N3O/c1-10(2)15-8-12(17)16-9-13(3,4)11-6-5-7-14-11/h5-7,10,14-15H,8-9H2,1-4H3,(H,16,17). The van der Waals surface area contributed by atoms with E-state index in [4.69, 9.17) is 0 Å². The second kappa shape index (κ2) is 5.87. The van der Waals surface area contributed by atoms with Crippen LogP contribution in [0.3, 0.4) is 0 Å². The van der Waals surface area contributed by atoms with Gasteiger partial charge in [-0.1, -0.05) is 27.7 Å². The third kappa shape index (κ3) is 4.61. The first-order chi connectivity index (χ1) is 7.92. The van der Waals surface area contributed by atoms with E-state index in [0.29, 0.717) is 19.1 Å². The summed E-state index contributed by atoms with van der Waals surface area (Å²) < 4.78 is 0. The van der Waals surface area contributed by atoms with Crippen molar-refractivity contribution in [2.24, 2.45) is 0 Å². The lowest BCUT2D eigenvalue weighted by atomic mass is 9.89. The highest BCUT2D eigenvalue weighted by Crippen LogP contribution is 2.19. The van der Waals surface area contributed by atoms with Crippen molar-refractivity contribution < 1.29 is 4.79 Å². The molecule has 96 valence electrons. The molecule has 0 spiro atoms. The maximum atomic E-state index is 11.6. The number of nitrogens with one attached hydrogen (secondary N) is 3. The summed E-state index contributed by atoms with van der Waals surface area (Å²) in [6.07, 6.45) is 1.90. The van der Waals surface area contributed by atoms with E-state index in [2.05, 4.69) is 29.5 Å². The van der Waals surface area contributed by atoms with Gasteiger partial charge in [-0.2, -0.15) is 0 Å². The zero-order valence-corrected chi connectivity index (χ0v) is 11.1. The molecular weight excluding hydrogens is 214 g/mol. The van der Waals surface area contributed by atoms with E-state index in [1.54, 1.807) is 0 Å². The van der Waals surface area contributed by atoms with E-state index < -0.39 is 0 Å². The summed E-state index contributed by atoms with van der Waals surface area (Å²) in [6, 6.07) is 4.34.